The zero-order valence-corrected chi connectivity index (χ0v) is 11.7. The number of amides is 1. The molecule has 5 heteroatoms. The Balaban J connectivity index is 2.23. The van der Waals surface area contributed by atoms with Crippen LogP contribution in [0.3, 0.4) is 0 Å². The summed E-state index contributed by atoms with van der Waals surface area (Å²) in [5, 5.41) is 12.2. The highest BCUT2D eigenvalue weighted by atomic mass is 16.5. The zero-order valence-electron chi connectivity index (χ0n) is 11.7. The molecule has 0 bridgehead atoms. The molecule has 0 aromatic heterocycles. The minimum atomic E-state index is -1.49. The summed E-state index contributed by atoms with van der Waals surface area (Å²) in [6.07, 6.45) is 1.96. The van der Waals surface area contributed by atoms with Gasteiger partial charge < -0.3 is 15.2 Å². The molecule has 0 radical (unpaired) electrons. The van der Waals surface area contributed by atoms with Gasteiger partial charge in [0.15, 0.2) is 0 Å². The molecule has 1 fully saturated rings. The third kappa shape index (κ3) is 2.92. The monoisotopic (exact) mass is 277 g/mol. The van der Waals surface area contributed by atoms with Crippen molar-refractivity contribution in [2.24, 2.45) is 5.41 Å². The van der Waals surface area contributed by atoms with Crippen LogP contribution in [0.5, 0.6) is 5.75 Å². The highest BCUT2D eigenvalue weighted by Gasteiger charge is 2.43. The van der Waals surface area contributed by atoms with E-state index in [-0.39, 0.29) is 12.5 Å². The van der Waals surface area contributed by atoms with Crippen molar-refractivity contribution >= 4 is 11.9 Å². The Morgan fingerprint density at radius 2 is 2.05 bits per heavy atom. The number of ether oxygens (including phenoxy) is 1. The van der Waals surface area contributed by atoms with Crippen molar-refractivity contribution in [2.45, 2.75) is 32.2 Å². The molecule has 0 heterocycles. The maximum absolute atomic E-state index is 12.2. The van der Waals surface area contributed by atoms with Gasteiger partial charge in [-0.2, -0.15) is 0 Å². The first-order valence-corrected chi connectivity index (χ1v) is 6.63. The van der Waals surface area contributed by atoms with Gasteiger partial charge in [0.1, 0.15) is 11.2 Å². The lowest BCUT2D eigenvalue weighted by Crippen LogP contribution is -2.46. The van der Waals surface area contributed by atoms with Gasteiger partial charge in [0.05, 0.1) is 7.11 Å². The van der Waals surface area contributed by atoms with Crippen molar-refractivity contribution in [1.82, 2.24) is 5.32 Å². The number of benzene rings is 1. The molecule has 0 saturated heterocycles. The van der Waals surface area contributed by atoms with Crippen molar-refractivity contribution in [1.29, 1.82) is 0 Å². The summed E-state index contributed by atoms with van der Waals surface area (Å²) < 4.78 is 5.22. The second-order valence-electron chi connectivity index (χ2n) is 5.37. The molecule has 1 aromatic carbocycles. The molecule has 5 nitrogen and oxygen atoms in total. The van der Waals surface area contributed by atoms with Gasteiger partial charge in [-0.15, -0.1) is 0 Å². The molecule has 1 atom stereocenters. The number of carbonyl (C=O) groups is 2. The average molecular weight is 277 g/mol. The fourth-order valence-corrected chi connectivity index (χ4v) is 2.06. The fourth-order valence-electron chi connectivity index (χ4n) is 2.06. The first-order chi connectivity index (χ1) is 9.47. The van der Waals surface area contributed by atoms with Gasteiger partial charge in [-0.25, -0.2) is 0 Å². The number of carboxylic acid groups (broad SMARTS) is 1. The van der Waals surface area contributed by atoms with Gasteiger partial charge in [0.25, 0.3) is 0 Å². The smallest absolute Gasteiger partial charge is 0.319 e. The van der Waals surface area contributed by atoms with Crippen molar-refractivity contribution in [3.63, 3.8) is 0 Å². The van der Waals surface area contributed by atoms with Crippen LogP contribution in [0.25, 0.3) is 0 Å². The minimum Gasteiger partial charge on any atom is -0.496 e. The Morgan fingerprint density at radius 3 is 2.60 bits per heavy atom. The summed E-state index contributed by atoms with van der Waals surface area (Å²) in [4.78, 5) is 23.8. The first kappa shape index (κ1) is 14.4. The van der Waals surface area contributed by atoms with Crippen LogP contribution in [-0.2, 0) is 16.0 Å². The van der Waals surface area contributed by atoms with Gasteiger partial charge in [-0.05, 0) is 31.4 Å². The molecule has 108 valence electrons. The number of hydrogen-bond donors (Lipinski definition) is 2. The number of hydrogen-bond acceptors (Lipinski definition) is 3. The summed E-state index contributed by atoms with van der Waals surface area (Å²) >= 11 is 0. The molecular weight excluding hydrogens is 258 g/mol. The largest absolute Gasteiger partial charge is 0.496 e. The minimum absolute atomic E-state index is 0.102. The van der Waals surface area contributed by atoms with E-state index in [9.17, 15) is 14.7 Å². The van der Waals surface area contributed by atoms with Crippen molar-refractivity contribution in [2.75, 3.05) is 7.11 Å². The van der Waals surface area contributed by atoms with Crippen LogP contribution in [-0.4, -0.2) is 30.1 Å². The number of methoxy groups -OCH3 is 1. The standard InChI is InChI=1S/C15H19NO4/c1-15(14(18)19,13(17)16-11-7-8-11)9-10-5-3-4-6-12(10)20-2/h3-6,11H,7-9H2,1-2H3,(H,16,17)(H,18,19). The normalized spacial score (nSPS) is 17.1. The maximum Gasteiger partial charge on any atom is 0.319 e. The maximum atomic E-state index is 12.2. The van der Waals surface area contributed by atoms with Gasteiger partial charge in [0, 0.05) is 12.5 Å². The van der Waals surface area contributed by atoms with Gasteiger partial charge in [0.2, 0.25) is 5.91 Å². The van der Waals surface area contributed by atoms with Crippen LogP contribution in [0.1, 0.15) is 25.3 Å². The quantitative estimate of drug-likeness (QED) is 0.775. The number of aliphatic carboxylic acids is 1. The fraction of sp³-hybridized carbons (Fsp3) is 0.467. The van der Waals surface area contributed by atoms with Crippen LogP contribution in [0.4, 0.5) is 0 Å². The zero-order chi connectivity index (χ0) is 14.8. The third-order valence-corrected chi connectivity index (χ3v) is 3.62. The lowest BCUT2D eigenvalue weighted by molar-refractivity contribution is -0.154. The SMILES string of the molecule is COc1ccccc1CC(C)(C(=O)O)C(=O)NC1CC1. The van der Waals surface area contributed by atoms with E-state index in [1.165, 1.54) is 14.0 Å². The van der Waals surface area contributed by atoms with E-state index in [4.69, 9.17) is 4.74 Å². The first-order valence-electron chi connectivity index (χ1n) is 6.63. The Kier molecular flexibility index (Phi) is 3.97. The number of rotatable bonds is 6. The summed E-state index contributed by atoms with van der Waals surface area (Å²) in [6, 6.07) is 7.30. The highest BCUT2D eigenvalue weighted by Crippen LogP contribution is 2.30. The van der Waals surface area contributed by atoms with Crippen molar-refractivity contribution in [3.8, 4) is 5.75 Å². The van der Waals surface area contributed by atoms with Crippen LogP contribution in [0.2, 0.25) is 0 Å². The molecule has 1 aliphatic carbocycles. The molecule has 1 unspecified atom stereocenters. The predicted octanol–water partition coefficient (Wildman–Crippen LogP) is 1.61. The Hall–Kier alpha value is -2.04. The molecule has 2 N–H and O–H groups in total. The van der Waals surface area contributed by atoms with Crippen LogP contribution >= 0.6 is 0 Å². The van der Waals surface area contributed by atoms with E-state index < -0.39 is 17.3 Å². The Morgan fingerprint density at radius 1 is 1.40 bits per heavy atom. The van der Waals surface area contributed by atoms with Crippen LogP contribution < -0.4 is 10.1 Å². The molecule has 1 aliphatic rings. The molecule has 0 spiro atoms. The third-order valence-electron chi connectivity index (χ3n) is 3.62. The summed E-state index contributed by atoms with van der Waals surface area (Å²) in [5.74, 6) is -0.959. The summed E-state index contributed by atoms with van der Waals surface area (Å²) in [5.41, 5.74) is -0.775. The van der Waals surface area contributed by atoms with E-state index >= 15 is 0 Å². The van der Waals surface area contributed by atoms with Crippen molar-refractivity contribution in [3.05, 3.63) is 29.8 Å². The van der Waals surface area contributed by atoms with E-state index in [0.717, 1.165) is 12.8 Å². The van der Waals surface area contributed by atoms with E-state index in [1.807, 2.05) is 6.07 Å². The lowest BCUT2D eigenvalue weighted by Gasteiger charge is -2.24. The van der Waals surface area contributed by atoms with Gasteiger partial charge in [-0.3, -0.25) is 9.59 Å². The topological polar surface area (TPSA) is 75.6 Å². The number of carbonyl (C=O) groups excluding carboxylic acids is 1. The molecular formula is C15H19NO4. The van der Waals surface area contributed by atoms with E-state index in [0.29, 0.717) is 11.3 Å². The van der Waals surface area contributed by atoms with Gasteiger partial charge >= 0.3 is 5.97 Å². The Bertz CT molecular complexity index is 524. The van der Waals surface area contributed by atoms with Crippen molar-refractivity contribution < 1.29 is 19.4 Å². The molecule has 1 aromatic rings. The van der Waals surface area contributed by atoms with Crippen LogP contribution in [0, 0.1) is 5.41 Å². The summed E-state index contributed by atoms with van der Waals surface area (Å²) in [6.45, 7) is 1.46. The number of nitrogens with one attached hydrogen (secondary N) is 1. The van der Waals surface area contributed by atoms with E-state index in [2.05, 4.69) is 5.32 Å². The number of carboxylic acids is 1. The predicted molar refractivity (Wildman–Crippen MR) is 73.6 cm³/mol. The second kappa shape index (κ2) is 5.53. The number of para-hydroxylation sites is 1. The highest BCUT2D eigenvalue weighted by molar-refractivity contribution is 6.02. The molecule has 0 aliphatic heterocycles. The molecule has 2 rings (SSSR count). The van der Waals surface area contributed by atoms with E-state index in [1.54, 1.807) is 18.2 Å². The lowest BCUT2D eigenvalue weighted by atomic mass is 9.82. The Labute approximate surface area is 117 Å². The van der Waals surface area contributed by atoms with Gasteiger partial charge in [-0.1, -0.05) is 18.2 Å². The van der Waals surface area contributed by atoms with Crippen LogP contribution in [0.15, 0.2) is 24.3 Å². The summed E-state index contributed by atoms with van der Waals surface area (Å²) in [7, 11) is 1.53. The average Bonchev–Trinajstić information content (AvgIpc) is 3.22. The second-order valence-corrected chi connectivity index (χ2v) is 5.37. The molecule has 1 saturated carbocycles. The molecule has 20 heavy (non-hydrogen) atoms. The molecule has 1 amide bonds.